The average molecular weight is 465 g/mol. The van der Waals surface area contributed by atoms with Gasteiger partial charge in [-0.2, -0.15) is 4.31 Å². The van der Waals surface area contributed by atoms with Gasteiger partial charge in [0.15, 0.2) is 11.5 Å². The molecular weight excluding hydrogens is 444 g/mol. The number of nitrogens with two attached hydrogens (primary N) is 1. The summed E-state index contributed by atoms with van der Waals surface area (Å²) in [5.41, 5.74) is 8.89. The molecule has 0 atom stereocenters. The molecule has 0 amide bonds. The van der Waals surface area contributed by atoms with E-state index < -0.39 is 10.0 Å². The number of halogens is 1. The molecule has 31 heavy (non-hydrogen) atoms. The number of morpholine rings is 1. The number of sulfonamides is 1. The van der Waals surface area contributed by atoms with Gasteiger partial charge in [-0.25, -0.2) is 28.4 Å². The molecule has 0 unspecified atom stereocenters. The van der Waals surface area contributed by atoms with Crippen LogP contribution in [0.25, 0.3) is 16.9 Å². The number of hydrogen-bond donors (Lipinski definition) is 1. The Morgan fingerprint density at radius 1 is 1.13 bits per heavy atom. The Morgan fingerprint density at radius 3 is 2.52 bits per heavy atom. The maximum atomic E-state index is 12.2. The number of nitrogen functional groups attached to an aromatic ring is 1. The summed E-state index contributed by atoms with van der Waals surface area (Å²) in [4.78, 5) is 19.9. The van der Waals surface area contributed by atoms with Crippen LogP contribution in [-0.4, -0.2) is 76.2 Å². The summed E-state index contributed by atoms with van der Waals surface area (Å²) in [7, 11) is -3.35. The molecule has 5 rings (SSSR count). The first-order valence-corrected chi connectivity index (χ1v) is 12.0. The molecule has 2 aliphatic rings. The maximum absolute atomic E-state index is 12.2. The molecule has 2 N–H and O–H groups in total. The van der Waals surface area contributed by atoms with Crippen molar-refractivity contribution in [2.45, 2.75) is 13.0 Å². The lowest BCUT2D eigenvalue weighted by molar-refractivity contribution is 0.122. The van der Waals surface area contributed by atoms with Crippen molar-refractivity contribution in [1.29, 1.82) is 0 Å². The van der Waals surface area contributed by atoms with Crippen molar-refractivity contribution in [2.24, 2.45) is 0 Å². The van der Waals surface area contributed by atoms with Crippen LogP contribution >= 0.6 is 11.6 Å². The van der Waals surface area contributed by atoms with E-state index in [2.05, 4.69) is 14.9 Å². The zero-order valence-corrected chi connectivity index (χ0v) is 18.4. The molecule has 0 spiro atoms. The summed E-state index contributed by atoms with van der Waals surface area (Å²) < 4.78 is 33.1. The van der Waals surface area contributed by atoms with Gasteiger partial charge >= 0.3 is 0 Å². The molecule has 0 bridgehead atoms. The Labute approximate surface area is 183 Å². The molecule has 1 saturated heterocycles. The number of ether oxygens (including phenoxy) is 1. The summed E-state index contributed by atoms with van der Waals surface area (Å²) in [5, 5.41) is 0.324. The fraction of sp³-hybridized carbons (Fsp3) is 0.444. The first kappa shape index (κ1) is 20.4. The van der Waals surface area contributed by atoms with Gasteiger partial charge in [0, 0.05) is 44.0 Å². The van der Waals surface area contributed by atoms with Crippen LogP contribution in [0.5, 0.6) is 0 Å². The summed E-state index contributed by atoms with van der Waals surface area (Å²) in [6.45, 7) is 3.06. The van der Waals surface area contributed by atoms with Crippen LogP contribution in [0.4, 0.5) is 11.8 Å². The van der Waals surface area contributed by atoms with Crippen LogP contribution < -0.4 is 10.6 Å². The van der Waals surface area contributed by atoms with E-state index in [1.807, 2.05) is 0 Å². The summed E-state index contributed by atoms with van der Waals surface area (Å²) in [6.07, 6.45) is 4.85. The lowest BCUT2D eigenvalue weighted by Crippen LogP contribution is -2.37. The molecule has 3 aromatic heterocycles. The molecule has 13 heteroatoms. The minimum Gasteiger partial charge on any atom is -0.378 e. The van der Waals surface area contributed by atoms with Crippen LogP contribution in [-0.2, 0) is 27.7 Å². The molecule has 0 radical (unpaired) electrons. The van der Waals surface area contributed by atoms with Gasteiger partial charge in [-0.05, 0) is 0 Å². The number of anilines is 2. The van der Waals surface area contributed by atoms with E-state index in [0.717, 1.165) is 11.4 Å². The number of fused-ring (bicyclic) bond motifs is 3. The first-order chi connectivity index (χ1) is 14.8. The van der Waals surface area contributed by atoms with E-state index in [-0.39, 0.29) is 12.5 Å². The third-order valence-corrected chi connectivity index (χ3v) is 7.11. The fourth-order valence-electron chi connectivity index (χ4n) is 3.92. The topological polar surface area (TPSA) is 132 Å². The third kappa shape index (κ3) is 3.59. The Bertz CT molecular complexity index is 1260. The molecule has 11 nitrogen and oxygen atoms in total. The third-order valence-electron chi connectivity index (χ3n) is 5.51. The summed E-state index contributed by atoms with van der Waals surface area (Å²) in [6, 6.07) is 0. The Kier molecular flexibility index (Phi) is 4.96. The summed E-state index contributed by atoms with van der Waals surface area (Å²) >= 11 is 6.83. The van der Waals surface area contributed by atoms with Gasteiger partial charge in [0.25, 0.3) is 0 Å². The maximum Gasteiger partial charge on any atom is 0.219 e. The van der Waals surface area contributed by atoms with Crippen molar-refractivity contribution in [1.82, 2.24) is 28.6 Å². The number of nitrogens with zero attached hydrogens (tertiary/aromatic N) is 7. The molecule has 0 saturated carbocycles. The van der Waals surface area contributed by atoms with Crippen LogP contribution in [0, 0.1) is 0 Å². The van der Waals surface area contributed by atoms with Gasteiger partial charge in [-0.1, -0.05) is 11.6 Å². The van der Waals surface area contributed by atoms with E-state index in [9.17, 15) is 8.42 Å². The standard InChI is InChI=1S/C18H21ClN8O3S/c1-31(28,29)26-3-2-12-13(10-26)27-15(19)14(11-8-21-18(20)22-9-11)24-16(17(27)23-12)25-4-6-30-7-5-25/h8-9H,2-7,10H2,1H3,(H2,20,21,22). The molecule has 1 fully saturated rings. The smallest absolute Gasteiger partial charge is 0.219 e. The quantitative estimate of drug-likeness (QED) is 0.590. The SMILES string of the molecule is CS(=O)(=O)N1CCc2nc3c(N4CCOCC4)nc(-c4cnc(N)nc4)c(Cl)n3c2C1. The molecular formula is C18H21ClN8O3S. The summed E-state index contributed by atoms with van der Waals surface area (Å²) in [5.74, 6) is 0.818. The normalized spacial score (nSPS) is 17.8. The monoisotopic (exact) mass is 464 g/mol. The second kappa shape index (κ2) is 7.55. The largest absolute Gasteiger partial charge is 0.378 e. The molecule has 2 aliphatic heterocycles. The van der Waals surface area contributed by atoms with Crippen LogP contribution in [0.2, 0.25) is 5.15 Å². The van der Waals surface area contributed by atoms with Gasteiger partial charge in [-0.3, -0.25) is 4.40 Å². The minimum atomic E-state index is -3.35. The second-order valence-electron chi connectivity index (χ2n) is 7.51. The van der Waals surface area contributed by atoms with Crippen molar-refractivity contribution in [3.63, 3.8) is 0 Å². The molecule has 5 heterocycles. The minimum absolute atomic E-state index is 0.151. The molecule has 0 aromatic carbocycles. The highest BCUT2D eigenvalue weighted by Crippen LogP contribution is 2.35. The van der Waals surface area contributed by atoms with Crippen molar-refractivity contribution < 1.29 is 13.2 Å². The number of imidazole rings is 1. The van der Waals surface area contributed by atoms with Crippen molar-refractivity contribution >= 4 is 39.0 Å². The predicted octanol–water partition coefficient (Wildman–Crippen LogP) is 0.576. The molecule has 3 aromatic rings. The van der Waals surface area contributed by atoms with Crippen molar-refractivity contribution in [3.8, 4) is 11.3 Å². The fourth-order valence-corrected chi connectivity index (χ4v) is 5.04. The highest BCUT2D eigenvalue weighted by atomic mass is 35.5. The van der Waals surface area contributed by atoms with E-state index >= 15 is 0 Å². The van der Waals surface area contributed by atoms with Crippen molar-refractivity contribution in [2.75, 3.05) is 49.7 Å². The second-order valence-corrected chi connectivity index (χ2v) is 9.86. The first-order valence-electron chi connectivity index (χ1n) is 9.78. The van der Waals surface area contributed by atoms with E-state index in [1.165, 1.54) is 10.6 Å². The highest BCUT2D eigenvalue weighted by molar-refractivity contribution is 7.88. The van der Waals surface area contributed by atoms with E-state index in [4.69, 9.17) is 32.0 Å². The van der Waals surface area contributed by atoms with Gasteiger partial charge < -0.3 is 15.4 Å². The zero-order chi connectivity index (χ0) is 21.8. The van der Waals surface area contributed by atoms with E-state index in [1.54, 1.807) is 16.8 Å². The Hall–Kier alpha value is -2.54. The van der Waals surface area contributed by atoms with Gasteiger partial charge in [-0.15, -0.1) is 0 Å². The van der Waals surface area contributed by atoms with Crippen LogP contribution in [0.3, 0.4) is 0 Å². The Morgan fingerprint density at radius 2 is 1.84 bits per heavy atom. The number of rotatable bonds is 3. The van der Waals surface area contributed by atoms with Gasteiger partial charge in [0.05, 0.1) is 37.4 Å². The lowest BCUT2D eigenvalue weighted by atomic mass is 10.2. The average Bonchev–Trinajstić information content (AvgIpc) is 3.14. The van der Waals surface area contributed by atoms with Gasteiger partial charge in [0.1, 0.15) is 10.8 Å². The van der Waals surface area contributed by atoms with Crippen LogP contribution in [0.15, 0.2) is 12.4 Å². The predicted molar refractivity (Wildman–Crippen MR) is 115 cm³/mol. The van der Waals surface area contributed by atoms with E-state index in [0.29, 0.717) is 67.1 Å². The number of hydrogen-bond acceptors (Lipinski definition) is 9. The van der Waals surface area contributed by atoms with Crippen molar-refractivity contribution in [3.05, 3.63) is 28.9 Å². The number of aromatic nitrogens is 5. The Balaban J connectivity index is 1.75. The molecule has 164 valence electrons. The van der Waals surface area contributed by atoms with Crippen LogP contribution in [0.1, 0.15) is 11.4 Å². The molecule has 0 aliphatic carbocycles. The highest BCUT2D eigenvalue weighted by Gasteiger charge is 2.31. The zero-order valence-electron chi connectivity index (χ0n) is 16.8. The lowest BCUT2D eigenvalue weighted by Gasteiger charge is -2.29. The van der Waals surface area contributed by atoms with Gasteiger partial charge in [0.2, 0.25) is 16.0 Å².